The summed E-state index contributed by atoms with van der Waals surface area (Å²) in [6.45, 7) is 0. The van der Waals surface area contributed by atoms with Crippen molar-refractivity contribution in [1.82, 2.24) is 9.97 Å². The summed E-state index contributed by atoms with van der Waals surface area (Å²) in [7, 11) is -1.82. The van der Waals surface area contributed by atoms with Crippen LogP contribution in [0, 0.1) is 0 Å². The number of hydrazine groups is 1. The number of nitrogen functional groups attached to an aromatic ring is 1. The predicted molar refractivity (Wildman–Crippen MR) is 76.0 cm³/mol. The Labute approximate surface area is 121 Å². The van der Waals surface area contributed by atoms with E-state index in [1.807, 2.05) is 0 Å². The maximum Gasteiger partial charge on any atom is 0.268 e. The molecule has 3 N–H and O–H groups in total. The second-order valence-corrected chi connectivity index (χ2v) is 6.07. The second-order valence-electron chi connectivity index (χ2n) is 4.05. The summed E-state index contributed by atoms with van der Waals surface area (Å²) in [6.07, 6.45) is 2.40. The van der Waals surface area contributed by atoms with E-state index >= 15 is 0 Å². The molecular weight excluding hydrogens is 296 g/mol. The van der Waals surface area contributed by atoms with Gasteiger partial charge in [0.15, 0.2) is 15.7 Å². The van der Waals surface area contributed by atoms with E-state index in [0.717, 1.165) is 6.26 Å². The molecule has 0 aliphatic rings. The van der Waals surface area contributed by atoms with Crippen LogP contribution in [0.1, 0.15) is 0 Å². The maximum atomic E-state index is 11.4. The lowest BCUT2D eigenvalue weighted by molar-refractivity contribution is 0.369. The Bertz CT molecular complexity index is 731. The van der Waals surface area contributed by atoms with Gasteiger partial charge in [-0.15, -0.1) is 0 Å². The number of hydrogen-bond acceptors (Lipinski definition) is 8. The highest BCUT2D eigenvalue weighted by atomic mass is 32.2. The highest BCUT2D eigenvalue weighted by Gasteiger charge is 2.14. The highest BCUT2D eigenvalue weighted by Crippen LogP contribution is 2.33. The first-order chi connectivity index (χ1) is 9.95. The largest absolute Gasteiger partial charge is 0.489 e. The summed E-state index contributed by atoms with van der Waals surface area (Å²) in [5.74, 6) is 6.39. The second kappa shape index (κ2) is 5.94. The van der Waals surface area contributed by atoms with Crippen LogP contribution in [0.25, 0.3) is 0 Å². The molecule has 0 unspecified atom stereocenters. The third kappa shape index (κ3) is 3.38. The molecule has 0 radical (unpaired) electrons. The van der Waals surface area contributed by atoms with Gasteiger partial charge in [-0.3, -0.25) is 0 Å². The van der Waals surface area contributed by atoms with Gasteiger partial charge in [-0.1, -0.05) is 0 Å². The third-order valence-corrected chi connectivity index (χ3v) is 3.71. The van der Waals surface area contributed by atoms with Gasteiger partial charge in [0.25, 0.3) is 5.88 Å². The first kappa shape index (κ1) is 15.0. The van der Waals surface area contributed by atoms with E-state index in [1.165, 1.54) is 37.7 Å². The minimum Gasteiger partial charge on any atom is -0.489 e. The van der Waals surface area contributed by atoms with Crippen LogP contribution in [0.5, 0.6) is 17.4 Å². The molecule has 0 fully saturated rings. The van der Waals surface area contributed by atoms with E-state index in [9.17, 15) is 8.42 Å². The molecule has 9 heteroatoms. The van der Waals surface area contributed by atoms with Crippen LogP contribution in [0.4, 0.5) is 5.82 Å². The summed E-state index contributed by atoms with van der Waals surface area (Å²) in [4.78, 5) is 8.04. The lowest BCUT2D eigenvalue weighted by Crippen LogP contribution is -2.11. The van der Waals surface area contributed by atoms with Gasteiger partial charge >= 0.3 is 0 Å². The Kier molecular flexibility index (Phi) is 4.24. The minimum absolute atomic E-state index is 0.160. The summed E-state index contributed by atoms with van der Waals surface area (Å²) < 4.78 is 33.4. The number of nitrogens with two attached hydrogens (primary N) is 1. The zero-order chi connectivity index (χ0) is 15.5. The van der Waals surface area contributed by atoms with Gasteiger partial charge in [0.2, 0.25) is 5.75 Å². The Hall–Kier alpha value is -2.39. The first-order valence-corrected chi connectivity index (χ1v) is 7.68. The normalized spacial score (nSPS) is 11.0. The molecule has 2 aromatic rings. The van der Waals surface area contributed by atoms with E-state index in [2.05, 4.69) is 15.4 Å². The summed E-state index contributed by atoms with van der Waals surface area (Å²) in [5.41, 5.74) is 2.37. The van der Waals surface area contributed by atoms with Crippen molar-refractivity contribution in [1.29, 1.82) is 0 Å². The summed E-state index contributed by atoms with van der Waals surface area (Å²) in [6, 6.07) is 5.93. The number of aromatic nitrogens is 2. The monoisotopic (exact) mass is 310 g/mol. The van der Waals surface area contributed by atoms with Crippen molar-refractivity contribution in [3.63, 3.8) is 0 Å². The van der Waals surface area contributed by atoms with Crippen molar-refractivity contribution < 1.29 is 17.9 Å². The molecule has 0 amide bonds. The molecule has 0 aliphatic heterocycles. The molecule has 1 heterocycles. The number of hydrogen-bond donors (Lipinski definition) is 2. The van der Waals surface area contributed by atoms with Gasteiger partial charge in [-0.2, -0.15) is 4.98 Å². The SMILES string of the molecule is COc1c(NN)ncnc1Oc1ccc(S(C)(=O)=O)cc1. The van der Waals surface area contributed by atoms with Gasteiger partial charge in [0.1, 0.15) is 12.1 Å². The summed E-state index contributed by atoms with van der Waals surface area (Å²) in [5, 5.41) is 0. The molecule has 0 aliphatic carbocycles. The van der Waals surface area contributed by atoms with Crippen LogP contribution < -0.4 is 20.7 Å². The molecule has 8 nitrogen and oxygen atoms in total. The van der Waals surface area contributed by atoms with Crippen LogP contribution >= 0.6 is 0 Å². The molecule has 0 saturated heterocycles. The Morgan fingerprint density at radius 1 is 1.19 bits per heavy atom. The molecule has 2 rings (SSSR count). The van der Waals surface area contributed by atoms with Gasteiger partial charge < -0.3 is 14.9 Å². The zero-order valence-corrected chi connectivity index (χ0v) is 12.2. The fraction of sp³-hybridized carbons (Fsp3) is 0.167. The van der Waals surface area contributed by atoms with Crippen molar-refractivity contribution in [3.8, 4) is 17.4 Å². The zero-order valence-electron chi connectivity index (χ0n) is 11.4. The van der Waals surface area contributed by atoms with Crippen molar-refractivity contribution in [3.05, 3.63) is 30.6 Å². The topological polar surface area (TPSA) is 116 Å². The van der Waals surface area contributed by atoms with Gasteiger partial charge in [0.05, 0.1) is 12.0 Å². The van der Waals surface area contributed by atoms with Crippen LogP contribution in [0.15, 0.2) is 35.5 Å². The van der Waals surface area contributed by atoms with Crippen LogP contribution in [-0.2, 0) is 9.84 Å². The number of anilines is 1. The molecule has 1 aromatic carbocycles. The fourth-order valence-corrected chi connectivity index (χ4v) is 2.21. The maximum absolute atomic E-state index is 11.4. The predicted octanol–water partition coefficient (Wildman–Crippen LogP) is 0.967. The number of benzene rings is 1. The lowest BCUT2D eigenvalue weighted by atomic mass is 10.3. The number of sulfone groups is 1. The van der Waals surface area contributed by atoms with Crippen LogP contribution in [-0.4, -0.2) is 31.8 Å². The van der Waals surface area contributed by atoms with Crippen LogP contribution in [0.2, 0.25) is 0 Å². The minimum atomic E-state index is -3.25. The average Bonchev–Trinajstić information content (AvgIpc) is 2.46. The molecule has 1 aromatic heterocycles. The van der Waals surface area contributed by atoms with Gasteiger partial charge in [-0.25, -0.2) is 19.2 Å². The molecule has 0 saturated carbocycles. The van der Waals surface area contributed by atoms with Gasteiger partial charge in [0, 0.05) is 6.26 Å². The average molecular weight is 310 g/mol. The van der Waals surface area contributed by atoms with Crippen LogP contribution in [0.3, 0.4) is 0 Å². The molecular formula is C12H14N4O4S. The molecule has 0 bridgehead atoms. The smallest absolute Gasteiger partial charge is 0.268 e. The molecule has 0 spiro atoms. The van der Waals surface area contributed by atoms with Crippen molar-refractivity contribution >= 4 is 15.7 Å². The Balaban J connectivity index is 2.30. The van der Waals surface area contributed by atoms with E-state index in [0.29, 0.717) is 5.75 Å². The van der Waals surface area contributed by atoms with Crippen molar-refractivity contribution in [2.45, 2.75) is 4.90 Å². The van der Waals surface area contributed by atoms with Gasteiger partial charge in [-0.05, 0) is 24.3 Å². The quantitative estimate of drug-likeness (QED) is 0.619. The number of nitrogens with zero attached hydrogens (tertiary/aromatic N) is 2. The van der Waals surface area contributed by atoms with E-state index < -0.39 is 9.84 Å². The van der Waals surface area contributed by atoms with Crippen molar-refractivity contribution in [2.24, 2.45) is 5.84 Å². The third-order valence-electron chi connectivity index (χ3n) is 2.58. The van der Waals surface area contributed by atoms with E-state index in [-0.39, 0.29) is 22.3 Å². The first-order valence-electron chi connectivity index (χ1n) is 5.79. The van der Waals surface area contributed by atoms with Crippen molar-refractivity contribution in [2.75, 3.05) is 18.8 Å². The number of methoxy groups -OCH3 is 1. The van der Waals surface area contributed by atoms with E-state index in [4.69, 9.17) is 15.3 Å². The number of ether oxygens (including phenoxy) is 2. The molecule has 0 atom stereocenters. The molecule has 21 heavy (non-hydrogen) atoms. The Morgan fingerprint density at radius 3 is 2.38 bits per heavy atom. The van der Waals surface area contributed by atoms with E-state index in [1.54, 1.807) is 0 Å². The lowest BCUT2D eigenvalue weighted by Gasteiger charge is -2.11. The molecule has 112 valence electrons. The highest BCUT2D eigenvalue weighted by molar-refractivity contribution is 7.90. The summed E-state index contributed by atoms with van der Waals surface area (Å²) >= 11 is 0. The standard InChI is InChI=1S/C12H14N4O4S/c1-19-10-11(16-13)14-7-15-12(10)20-8-3-5-9(6-4-8)21(2,17)18/h3-7H,13H2,1-2H3,(H,14,15,16). The fourth-order valence-electron chi connectivity index (χ4n) is 1.58. The Morgan fingerprint density at radius 2 is 1.86 bits per heavy atom. The number of nitrogens with one attached hydrogen (secondary N) is 1. The number of rotatable bonds is 5.